The first-order valence-electron chi connectivity index (χ1n) is 10.9. The molecule has 0 aliphatic heterocycles. The first-order chi connectivity index (χ1) is 16.0. The van der Waals surface area contributed by atoms with E-state index in [0.717, 1.165) is 40.2 Å². The molecule has 3 aromatic carbocycles. The molecule has 0 saturated carbocycles. The monoisotopic (exact) mass is 443 g/mol. The lowest BCUT2D eigenvalue weighted by Crippen LogP contribution is -2.21. The number of carbonyl (C=O) groups is 1. The summed E-state index contributed by atoms with van der Waals surface area (Å²) < 4.78 is 11.2. The van der Waals surface area contributed by atoms with E-state index in [1.54, 1.807) is 13.3 Å². The van der Waals surface area contributed by atoms with Crippen LogP contribution in [0.1, 0.15) is 22.0 Å². The number of aromatic nitrogens is 1. The number of nitrogens with zero attached hydrogens (tertiary/aromatic N) is 1. The maximum absolute atomic E-state index is 13.8. The third kappa shape index (κ3) is 5.35. The van der Waals surface area contributed by atoms with E-state index in [1.165, 1.54) is 0 Å². The van der Waals surface area contributed by atoms with E-state index in [9.17, 15) is 4.79 Å². The lowest BCUT2D eigenvalue weighted by atomic mass is 9.96. The molecule has 0 bridgehead atoms. The van der Waals surface area contributed by atoms with Gasteiger partial charge < -0.3 is 24.7 Å². The Hall–Kier alpha value is -3.77. The predicted octanol–water partition coefficient (Wildman–Crippen LogP) is 5.15. The molecular weight excluding hydrogens is 414 g/mol. The number of Topliss-reactive ketones (excluding diaryl/α,β-unsaturated/α-hetero) is 1. The van der Waals surface area contributed by atoms with Gasteiger partial charge in [-0.15, -0.1) is 0 Å². The molecule has 4 rings (SSSR count). The zero-order chi connectivity index (χ0) is 23.2. The highest BCUT2D eigenvalue weighted by Gasteiger charge is 2.25. The van der Waals surface area contributed by atoms with Crippen molar-refractivity contribution in [2.75, 3.05) is 39.7 Å². The Kier molecular flexibility index (Phi) is 6.95. The van der Waals surface area contributed by atoms with Crippen LogP contribution in [0.25, 0.3) is 10.9 Å². The highest BCUT2D eigenvalue weighted by atomic mass is 16.5. The van der Waals surface area contributed by atoms with Gasteiger partial charge in [-0.2, -0.15) is 0 Å². The topological polar surface area (TPSA) is 66.6 Å². The van der Waals surface area contributed by atoms with Crippen LogP contribution in [0.2, 0.25) is 0 Å². The van der Waals surface area contributed by atoms with E-state index in [2.05, 4.69) is 15.2 Å². The molecule has 0 aliphatic rings. The minimum atomic E-state index is -0.577. The lowest BCUT2D eigenvalue weighted by molar-refractivity contribution is 0.0971. The SMILES string of the molecule is COc1cccc(NC(C(=O)c2c[nH]c3ccccc23)c2ccc(OCCN(C)C)cc2)c1. The molecule has 1 heterocycles. The van der Waals surface area contributed by atoms with Crippen molar-refractivity contribution in [3.8, 4) is 11.5 Å². The number of likely N-dealkylation sites (N-methyl/N-ethyl adjacent to an activating group) is 1. The summed E-state index contributed by atoms with van der Waals surface area (Å²) in [5.41, 5.74) is 3.25. The van der Waals surface area contributed by atoms with Crippen LogP contribution < -0.4 is 14.8 Å². The molecule has 4 aromatic rings. The van der Waals surface area contributed by atoms with E-state index >= 15 is 0 Å². The van der Waals surface area contributed by atoms with Crippen molar-refractivity contribution in [3.05, 3.63) is 90.1 Å². The number of para-hydroxylation sites is 1. The van der Waals surface area contributed by atoms with E-state index < -0.39 is 6.04 Å². The fourth-order valence-corrected chi connectivity index (χ4v) is 3.71. The zero-order valence-electron chi connectivity index (χ0n) is 19.2. The minimum Gasteiger partial charge on any atom is -0.497 e. The highest BCUT2D eigenvalue weighted by Crippen LogP contribution is 2.30. The molecule has 6 nitrogen and oxygen atoms in total. The van der Waals surface area contributed by atoms with Crippen LogP contribution in [0.4, 0.5) is 5.69 Å². The summed E-state index contributed by atoms with van der Waals surface area (Å²) in [7, 11) is 5.65. The second-order valence-electron chi connectivity index (χ2n) is 8.14. The number of H-pyrrole nitrogens is 1. The fraction of sp³-hybridized carbons (Fsp3) is 0.222. The normalized spacial score (nSPS) is 12.0. The van der Waals surface area contributed by atoms with Crippen molar-refractivity contribution in [3.63, 3.8) is 0 Å². The summed E-state index contributed by atoms with van der Waals surface area (Å²) in [6.45, 7) is 1.44. The second kappa shape index (κ2) is 10.2. The molecule has 2 N–H and O–H groups in total. The minimum absolute atomic E-state index is 0.0171. The molecule has 170 valence electrons. The van der Waals surface area contributed by atoms with Crippen LogP contribution in [0.5, 0.6) is 11.5 Å². The molecule has 0 saturated heterocycles. The summed E-state index contributed by atoms with van der Waals surface area (Å²) in [4.78, 5) is 19.0. The number of ketones is 1. The number of anilines is 1. The number of ether oxygens (including phenoxy) is 2. The third-order valence-electron chi connectivity index (χ3n) is 5.52. The van der Waals surface area contributed by atoms with Gasteiger partial charge in [0.2, 0.25) is 0 Å². The van der Waals surface area contributed by atoms with Crippen molar-refractivity contribution in [2.45, 2.75) is 6.04 Å². The number of aromatic amines is 1. The van der Waals surface area contributed by atoms with Gasteiger partial charge in [-0.25, -0.2) is 0 Å². The molecule has 1 atom stereocenters. The Balaban J connectivity index is 1.64. The Bertz CT molecular complexity index is 1210. The quantitative estimate of drug-likeness (QED) is 0.332. The molecular formula is C27H29N3O3. The van der Waals surface area contributed by atoms with Gasteiger partial charge in [0, 0.05) is 41.0 Å². The molecule has 1 unspecified atom stereocenters. The average molecular weight is 444 g/mol. The first-order valence-corrected chi connectivity index (χ1v) is 10.9. The van der Waals surface area contributed by atoms with E-state index in [-0.39, 0.29) is 5.78 Å². The Morgan fingerprint density at radius 2 is 1.79 bits per heavy atom. The molecule has 1 aromatic heterocycles. The second-order valence-corrected chi connectivity index (χ2v) is 8.14. The van der Waals surface area contributed by atoms with Crippen LogP contribution in [0.3, 0.4) is 0 Å². The smallest absolute Gasteiger partial charge is 0.191 e. The Morgan fingerprint density at radius 1 is 1.00 bits per heavy atom. The zero-order valence-corrected chi connectivity index (χ0v) is 19.2. The lowest BCUT2D eigenvalue weighted by Gasteiger charge is -2.20. The number of carbonyl (C=O) groups excluding carboxylic acids is 1. The standard InChI is InChI=1S/C27H29N3O3/c1-30(2)15-16-33-21-13-11-19(12-14-21)26(29-20-7-6-8-22(17-20)32-3)27(31)24-18-28-25-10-5-4-9-23(24)25/h4-14,17-18,26,28-29H,15-16H2,1-3H3. The summed E-state index contributed by atoms with van der Waals surface area (Å²) in [6.07, 6.45) is 1.78. The molecule has 0 radical (unpaired) electrons. The van der Waals surface area contributed by atoms with Gasteiger partial charge in [0.05, 0.1) is 7.11 Å². The molecule has 0 spiro atoms. The largest absolute Gasteiger partial charge is 0.497 e. The Morgan fingerprint density at radius 3 is 2.55 bits per heavy atom. The van der Waals surface area contributed by atoms with Gasteiger partial charge in [0.25, 0.3) is 0 Å². The van der Waals surface area contributed by atoms with Crippen LogP contribution in [0.15, 0.2) is 79.0 Å². The number of nitrogens with one attached hydrogen (secondary N) is 2. The predicted molar refractivity (Wildman–Crippen MR) is 132 cm³/mol. The first kappa shape index (κ1) is 22.4. The van der Waals surface area contributed by atoms with Gasteiger partial charge >= 0.3 is 0 Å². The number of rotatable bonds is 10. The van der Waals surface area contributed by atoms with Crippen molar-refractivity contribution in [2.24, 2.45) is 0 Å². The van der Waals surface area contributed by atoms with Crippen LogP contribution in [0, 0.1) is 0 Å². The van der Waals surface area contributed by atoms with Crippen LogP contribution >= 0.6 is 0 Å². The molecule has 33 heavy (non-hydrogen) atoms. The van der Waals surface area contributed by atoms with Gasteiger partial charge in [-0.3, -0.25) is 4.79 Å². The van der Waals surface area contributed by atoms with E-state index in [4.69, 9.17) is 9.47 Å². The highest BCUT2D eigenvalue weighted by molar-refractivity contribution is 6.11. The molecule has 6 heteroatoms. The van der Waals surface area contributed by atoms with E-state index in [1.807, 2.05) is 86.9 Å². The maximum atomic E-state index is 13.8. The van der Waals surface area contributed by atoms with Crippen molar-refractivity contribution in [1.82, 2.24) is 9.88 Å². The maximum Gasteiger partial charge on any atom is 0.191 e. The van der Waals surface area contributed by atoms with Gasteiger partial charge in [-0.1, -0.05) is 36.4 Å². The number of fused-ring (bicyclic) bond motifs is 1. The summed E-state index contributed by atoms with van der Waals surface area (Å²) in [6, 6.07) is 22.5. The summed E-state index contributed by atoms with van der Waals surface area (Å²) in [5.74, 6) is 1.49. The average Bonchev–Trinajstić information content (AvgIpc) is 3.27. The van der Waals surface area contributed by atoms with Crippen molar-refractivity contribution < 1.29 is 14.3 Å². The number of hydrogen-bond acceptors (Lipinski definition) is 5. The Labute approximate surface area is 194 Å². The van der Waals surface area contributed by atoms with Crippen molar-refractivity contribution in [1.29, 1.82) is 0 Å². The number of benzene rings is 3. The third-order valence-corrected chi connectivity index (χ3v) is 5.52. The summed E-state index contributed by atoms with van der Waals surface area (Å²) >= 11 is 0. The number of methoxy groups -OCH3 is 1. The van der Waals surface area contributed by atoms with E-state index in [0.29, 0.717) is 12.2 Å². The molecule has 0 aliphatic carbocycles. The number of hydrogen-bond donors (Lipinski definition) is 2. The van der Waals surface area contributed by atoms with Crippen LogP contribution in [-0.4, -0.2) is 50.0 Å². The molecule has 0 fully saturated rings. The fourth-order valence-electron chi connectivity index (χ4n) is 3.71. The molecule has 0 amide bonds. The summed E-state index contributed by atoms with van der Waals surface area (Å²) in [5, 5.41) is 4.32. The van der Waals surface area contributed by atoms with Crippen molar-refractivity contribution >= 4 is 22.4 Å². The van der Waals surface area contributed by atoms with Crippen LogP contribution in [-0.2, 0) is 0 Å². The van der Waals surface area contributed by atoms with Gasteiger partial charge in [0.1, 0.15) is 24.1 Å². The van der Waals surface area contributed by atoms with Gasteiger partial charge in [-0.05, 0) is 50.0 Å². The van der Waals surface area contributed by atoms with Gasteiger partial charge in [0.15, 0.2) is 5.78 Å².